The standard InChI is InChI=1S/C16H10Cl3N3OS2/c17-8-5-6-10(18)11(7-8)20-16(24)22-21-15(23)14-13(19)9-3-1-2-4-12(9)25-14/h1-7H,(H,21,23)(H2,20,22,24). The van der Waals surface area contributed by atoms with Crippen molar-refractivity contribution in [2.75, 3.05) is 5.32 Å². The number of thiophene rings is 1. The lowest BCUT2D eigenvalue weighted by atomic mass is 10.2. The highest BCUT2D eigenvalue weighted by molar-refractivity contribution is 7.80. The van der Waals surface area contributed by atoms with Crippen LogP contribution >= 0.6 is 58.4 Å². The van der Waals surface area contributed by atoms with E-state index >= 15 is 0 Å². The minimum atomic E-state index is -0.382. The summed E-state index contributed by atoms with van der Waals surface area (Å²) in [6, 6.07) is 12.5. The van der Waals surface area contributed by atoms with Crippen LogP contribution in [0.25, 0.3) is 10.1 Å². The van der Waals surface area contributed by atoms with Crippen LogP contribution < -0.4 is 16.2 Å². The third-order valence-corrected chi connectivity index (χ3v) is 5.65. The summed E-state index contributed by atoms with van der Waals surface area (Å²) in [5, 5.41) is 5.23. The van der Waals surface area contributed by atoms with Crippen LogP contribution in [-0.2, 0) is 0 Å². The van der Waals surface area contributed by atoms with E-state index in [-0.39, 0.29) is 11.0 Å². The first-order chi connectivity index (χ1) is 12.0. The Kier molecular flexibility index (Phi) is 5.66. The Hall–Kier alpha value is -1.57. The van der Waals surface area contributed by atoms with Gasteiger partial charge < -0.3 is 5.32 Å². The summed E-state index contributed by atoms with van der Waals surface area (Å²) in [6.45, 7) is 0. The molecule has 0 fully saturated rings. The van der Waals surface area contributed by atoms with Gasteiger partial charge in [0.05, 0.1) is 15.7 Å². The van der Waals surface area contributed by atoms with Gasteiger partial charge in [-0.3, -0.25) is 15.6 Å². The lowest BCUT2D eigenvalue weighted by Crippen LogP contribution is -2.43. The van der Waals surface area contributed by atoms with Crippen molar-refractivity contribution in [1.82, 2.24) is 10.9 Å². The van der Waals surface area contributed by atoms with E-state index in [0.717, 1.165) is 10.1 Å². The van der Waals surface area contributed by atoms with E-state index < -0.39 is 0 Å². The Morgan fingerprint density at radius 3 is 2.56 bits per heavy atom. The van der Waals surface area contributed by atoms with Gasteiger partial charge in [0.1, 0.15) is 4.88 Å². The third kappa shape index (κ3) is 4.16. The summed E-state index contributed by atoms with van der Waals surface area (Å²) < 4.78 is 0.934. The summed E-state index contributed by atoms with van der Waals surface area (Å²) >= 11 is 24.7. The zero-order chi connectivity index (χ0) is 18.0. The molecule has 0 radical (unpaired) electrons. The number of anilines is 1. The van der Waals surface area contributed by atoms with Gasteiger partial charge in [0.15, 0.2) is 5.11 Å². The maximum absolute atomic E-state index is 12.3. The van der Waals surface area contributed by atoms with Crippen molar-refractivity contribution in [3.05, 3.63) is 62.4 Å². The molecule has 0 aliphatic carbocycles. The second-order valence-corrected chi connectivity index (χ2v) is 7.58. The number of carbonyl (C=O) groups excluding carboxylic acids is 1. The Bertz CT molecular complexity index is 974. The zero-order valence-corrected chi connectivity index (χ0v) is 16.3. The van der Waals surface area contributed by atoms with Crippen molar-refractivity contribution < 1.29 is 4.79 Å². The molecule has 3 N–H and O–H groups in total. The van der Waals surface area contributed by atoms with Crippen LogP contribution in [0.1, 0.15) is 9.67 Å². The molecule has 0 atom stereocenters. The zero-order valence-electron chi connectivity index (χ0n) is 12.4. The van der Waals surface area contributed by atoms with Crippen molar-refractivity contribution >= 4 is 85.2 Å². The number of thiocarbonyl (C=S) groups is 1. The summed E-state index contributed by atoms with van der Waals surface area (Å²) in [5.41, 5.74) is 5.66. The van der Waals surface area contributed by atoms with Crippen molar-refractivity contribution in [3.8, 4) is 0 Å². The first-order valence-corrected chi connectivity index (χ1v) is 9.31. The molecule has 0 spiro atoms. The van der Waals surface area contributed by atoms with Gasteiger partial charge in [-0.2, -0.15) is 0 Å². The number of fused-ring (bicyclic) bond motifs is 1. The Balaban J connectivity index is 1.66. The average Bonchev–Trinajstić information content (AvgIpc) is 2.93. The molecule has 0 bridgehead atoms. The highest BCUT2D eigenvalue weighted by Gasteiger charge is 2.17. The molecule has 0 saturated heterocycles. The molecular weight excluding hydrogens is 421 g/mol. The molecule has 9 heteroatoms. The molecule has 0 saturated carbocycles. The van der Waals surface area contributed by atoms with Crippen LogP contribution in [0.2, 0.25) is 15.1 Å². The largest absolute Gasteiger partial charge is 0.330 e. The maximum Gasteiger partial charge on any atom is 0.281 e. The van der Waals surface area contributed by atoms with E-state index in [2.05, 4.69) is 16.2 Å². The van der Waals surface area contributed by atoms with Gasteiger partial charge in [-0.15, -0.1) is 11.3 Å². The highest BCUT2D eigenvalue weighted by Crippen LogP contribution is 2.34. The van der Waals surface area contributed by atoms with Crippen LogP contribution in [-0.4, -0.2) is 11.0 Å². The molecule has 3 rings (SSSR count). The minimum absolute atomic E-state index is 0.162. The fraction of sp³-hybridized carbons (Fsp3) is 0. The molecule has 3 aromatic rings. The SMILES string of the molecule is O=C(NNC(=S)Nc1cc(Cl)ccc1Cl)c1sc2ccccc2c1Cl. The molecule has 1 heterocycles. The normalized spacial score (nSPS) is 10.5. The number of hydrogen-bond donors (Lipinski definition) is 3. The number of nitrogens with one attached hydrogen (secondary N) is 3. The first-order valence-electron chi connectivity index (χ1n) is 6.95. The number of carbonyl (C=O) groups is 1. The monoisotopic (exact) mass is 429 g/mol. The summed E-state index contributed by atoms with van der Waals surface area (Å²) in [7, 11) is 0. The lowest BCUT2D eigenvalue weighted by Gasteiger charge is -2.12. The Labute approximate surface area is 168 Å². The molecule has 128 valence electrons. The number of rotatable bonds is 2. The maximum atomic E-state index is 12.3. The molecule has 0 aliphatic heterocycles. The van der Waals surface area contributed by atoms with Gasteiger partial charge in [-0.1, -0.05) is 53.0 Å². The van der Waals surface area contributed by atoms with E-state index in [0.29, 0.717) is 25.6 Å². The first kappa shape index (κ1) is 18.2. The van der Waals surface area contributed by atoms with Gasteiger partial charge in [-0.05, 0) is 36.5 Å². The van der Waals surface area contributed by atoms with Crippen molar-refractivity contribution in [3.63, 3.8) is 0 Å². The quantitative estimate of drug-likeness (QED) is 0.371. The van der Waals surface area contributed by atoms with Crippen molar-refractivity contribution in [2.24, 2.45) is 0 Å². The fourth-order valence-electron chi connectivity index (χ4n) is 2.08. The second kappa shape index (κ2) is 7.76. The van der Waals surface area contributed by atoms with Gasteiger partial charge >= 0.3 is 0 Å². The predicted molar refractivity (Wildman–Crippen MR) is 110 cm³/mol. The summed E-state index contributed by atoms with van der Waals surface area (Å²) in [6.07, 6.45) is 0. The number of benzene rings is 2. The number of hydrazine groups is 1. The van der Waals surface area contributed by atoms with Crippen LogP contribution in [0, 0.1) is 0 Å². The van der Waals surface area contributed by atoms with Gasteiger partial charge in [0.2, 0.25) is 0 Å². The van der Waals surface area contributed by atoms with Crippen LogP contribution in [0.5, 0.6) is 0 Å². The number of hydrogen-bond acceptors (Lipinski definition) is 3. The lowest BCUT2D eigenvalue weighted by molar-refractivity contribution is 0.0948. The van der Waals surface area contributed by atoms with E-state index in [1.54, 1.807) is 18.2 Å². The van der Waals surface area contributed by atoms with Crippen LogP contribution in [0.3, 0.4) is 0 Å². The second-order valence-electron chi connectivity index (χ2n) is 4.90. The van der Waals surface area contributed by atoms with E-state index in [9.17, 15) is 4.79 Å². The van der Waals surface area contributed by atoms with Gasteiger partial charge in [0, 0.05) is 15.1 Å². The fourth-order valence-corrected chi connectivity index (χ4v) is 3.99. The molecular formula is C16H10Cl3N3OS2. The third-order valence-electron chi connectivity index (χ3n) is 3.21. The number of halogens is 3. The minimum Gasteiger partial charge on any atom is -0.330 e. The molecule has 4 nitrogen and oxygen atoms in total. The van der Waals surface area contributed by atoms with Crippen molar-refractivity contribution in [2.45, 2.75) is 0 Å². The van der Waals surface area contributed by atoms with Gasteiger partial charge in [-0.25, -0.2) is 0 Å². The van der Waals surface area contributed by atoms with Crippen LogP contribution in [0.4, 0.5) is 5.69 Å². The predicted octanol–water partition coefficient (Wildman–Crippen LogP) is 5.49. The van der Waals surface area contributed by atoms with E-state index in [1.807, 2.05) is 24.3 Å². The molecule has 1 aromatic heterocycles. The smallest absolute Gasteiger partial charge is 0.281 e. The van der Waals surface area contributed by atoms with E-state index in [4.69, 9.17) is 47.0 Å². The molecule has 1 amide bonds. The Morgan fingerprint density at radius 1 is 1.04 bits per heavy atom. The molecule has 0 aliphatic rings. The topological polar surface area (TPSA) is 53.2 Å². The molecule has 25 heavy (non-hydrogen) atoms. The molecule has 2 aromatic carbocycles. The molecule has 0 unspecified atom stereocenters. The average molecular weight is 431 g/mol. The number of amides is 1. The summed E-state index contributed by atoms with van der Waals surface area (Å²) in [5.74, 6) is -0.382. The van der Waals surface area contributed by atoms with E-state index in [1.165, 1.54) is 11.3 Å². The Morgan fingerprint density at radius 2 is 1.80 bits per heavy atom. The van der Waals surface area contributed by atoms with Crippen molar-refractivity contribution in [1.29, 1.82) is 0 Å². The van der Waals surface area contributed by atoms with Gasteiger partial charge in [0.25, 0.3) is 5.91 Å². The van der Waals surface area contributed by atoms with Crippen LogP contribution in [0.15, 0.2) is 42.5 Å². The highest BCUT2D eigenvalue weighted by atomic mass is 35.5. The summed E-state index contributed by atoms with van der Waals surface area (Å²) in [4.78, 5) is 12.7.